The zero-order chi connectivity index (χ0) is 10.6. The maximum Gasteiger partial charge on any atom is 0.185 e. The van der Waals surface area contributed by atoms with Gasteiger partial charge >= 0.3 is 0 Å². The Morgan fingerprint density at radius 2 is 2.43 bits per heavy atom. The number of thiazole rings is 1. The zero-order valence-corrected chi connectivity index (χ0v) is 10.5. The van der Waals surface area contributed by atoms with Gasteiger partial charge in [0.2, 0.25) is 0 Å². The molecule has 0 aliphatic carbocycles. The molecule has 0 aromatic carbocycles. The van der Waals surface area contributed by atoms with Crippen molar-refractivity contribution in [3.05, 3.63) is 11.1 Å². The summed E-state index contributed by atoms with van der Waals surface area (Å²) in [6.07, 6.45) is 2.11. The number of thioether (sulfide) groups is 1. The topological polar surface area (TPSA) is 42.2 Å². The predicted octanol–water partition coefficient (Wildman–Crippen LogP) is 1.96. The smallest absolute Gasteiger partial charge is 0.185 e. The summed E-state index contributed by atoms with van der Waals surface area (Å²) in [5, 5.41) is 3.10. The van der Waals surface area contributed by atoms with Gasteiger partial charge in [-0.1, -0.05) is 0 Å². The molecule has 0 fully saturated rings. The zero-order valence-electron chi connectivity index (χ0n) is 8.86. The molecule has 0 spiro atoms. The Balaban J connectivity index is 2.57. The first-order chi connectivity index (χ1) is 6.65. The van der Waals surface area contributed by atoms with E-state index in [0.717, 1.165) is 23.1 Å². The number of rotatable bonds is 5. The molecule has 1 atom stereocenters. The lowest BCUT2D eigenvalue weighted by Crippen LogP contribution is -2.20. The summed E-state index contributed by atoms with van der Waals surface area (Å²) in [6.45, 7) is 2.99. The fourth-order valence-corrected chi connectivity index (χ4v) is 2.36. The Morgan fingerprint density at radius 1 is 1.71 bits per heavy atom. The third-order valence-electron chi connectivity index (χ3n) is 1.93. The number of nitrogens with zero attached hydrogens (tertiary/aromatic N) is 2. The second-order valence-corrected chi connectivity index (χ2v) is 5.08. The van der Waals surface area contributed by atoms with Crippen LogP contribution in [0.25, 0.3) is 0 Å². The summed E-state index contributed by atoms with van der Waals surface area (Å²) in [4.78, 5) is 6.65. The number of hydrogen-bond donors (Lipinski definition) is 1. The molecule has 0 saturated carbocycles. The van der Waals surface area contributed by atoms with Crippen LogP contribution in [-0.2, 0) is 0 Å². The molecule has 0 amide bonds. The van der Waals surface area contributed by atoms with Crippen molar-refractivity contribution in [1.29, 1.82) is 0 Å². The lowest BCUT2D eigenvalue weighted by atomic mass is 10.3. The summed E-state index contributed by atoms with van der Waals surface area (Å²) in [5.41, 5.74) is 6.74. The molecule has 3 nitrogen and oxygen atoms in total. The first kappa shape index (κ1) is 11.8. The maximum absolute atomic E-state index is 5.75. The lowest BCUT2D eigenvalue weighted by molar-refractivity contribution is 0.785. The Morgan fingerprint density at radius 3 is 2.93 bits per heavy atom. The first-order valence-corrected chi connectivity index (χ1v) is 6.83. The van der Waals surface area contributed by atoms with Gasteiger partial charge in [0.25, 0.3) is 0 Å². The molecule has 1 unspecified atom stereocenters. The standard InChI is InChI=1S/C9H17N3S2/c1-7(10)8-6-14-9(11-8)12(2)4-5-13-3/h6-7H,4-5,10H2,1-3H3. The SMILES string of the molecule is CSCCN(C)c1nc(C(C)N)cs1. The molecule has 2 N–H and O–H groups in total. The van der Waals surface area contributed by atoms with Gasteiger partial charge in [0.15, 0.2) is 5.13 Å². The van der Waals surface area contributed by atoms with Gasteiger partial charge in [-0.15, -0.1) is 11.3 Å². The van der Waals surface area contributed by atoms with Gasteiger partial charge < -0.3 is 10.6 Å². The van der Waals surface area contributed by atoms with Crippen LogP contribution < -0.4 is 10.6 Å². The maximum atomic E-state index is 5.75. The largest absolute Gasteiger partial charge is 0.350 e. The van der Waals surface area contributed by atoms with Gasteiger partial charge in [-0.05, 0) is 13.2 Å². The highest BCUT2D eigenvalue weighted by Gasteiger charge is 2.08. The molecule has 0 aliphatic heterocycles. The minimum Gasteiger partial charge on any atom is -0.350 e. The van der Waals surface area contributed by atoms with E-state index in [-0.39, 0.29) is 6.04 Å². The van der Waals surface area contributed by atoms with E-state index >= 15 is 0 Å². The third-order valence-corrected chi connectivity index (χ3v) is 3.50. The van der Waals surface area contributed by atoms with Crippen molar-refractivity contribution < 1.29 is 0 Å². The van der Waals surface area contributed by atoms with Crippen molar-refractivity contribution >= 4 is 28.2 Å². The van der Waals surface area contributed by atoms with E-state index in [0.29, 0.717) is 0 Å². The van der Waals surface area contributed by atoms with E-state index in [1.54, 1.807) is 11.3 Å². The van der Waals surface area contributed by atoms with Crippen LogP contribution in [0.15, 0.2) is 5.38 Å². The van der Waals surface area contributed by atoms with E-state index in [9.17, 15) is 0 Å². The van der Waals surface area contributed by atoms with Gasteiger partial charge in [-0.3, -0.25) is 0 Å². The molecule has 1 heterocycles. The van der Waals surface area contributed by atoms with Crippen LogP contribution in [0.4, 0.5) is 5.13 Å². The van der Waals surface area contributed by atoms with Crippen LogP contribution in [0.1, 0.15) is 18.7 Å². The van der Waals surface area contributed by atoms with Crippen molar-refractivity contribution in [1.82, 2.24) is 4.98 Å². The highest BCUT2D eigenvalue weighted by molar-refractivity contribution is 7.98. The fourth-order valence-electron chi connectivity index (χ4n) is 0.985. The van der Waals surface area contributed by atoms with E-state index in [1.165, 1.54) is 0 Å². The van der Waals surface area contributed by atoms with Crippen molar-refractivity contribution in [2.24, 2.45) is 5.73 Å². The molecular formula is C9H17N3S2. The highest BCUT2D eigenvalue weighted by Crippen LogP contribution is 2.22. The summed E-state index contributed by atoms with van der Waals surface area (Å²) < 4.78 is 0. The van der Waals surface area contributed by atoms with Crippen LogP contribution in [0.5, 0.6) is 0 Å². The number of nitrogens with two attached hydrogens (primary N) is 1. The number of anilines is 1. The summed E-state index contributed by atoms with van der Waals surface area (Å²) in [7, 11) is 2.07. The average Bonchev–Trinajstić information content (AvgIpc) is 2.62. The summed E-state index contributed by atoms with van der Waals surface area (Å²) in [6, 6.07) is 0.0361. The van der Waals surface area contributed by atoms with Crippen LogP contribution in [0.3, 0.4) is 0 Å². The van der Waals surface area contributed by atoms with Crippen LogP contribution in [-0.4, -0.2) is 30.6 Å². The van der Waals surface area contributed by atoms with Gasteiger partial charge in [-0.25, -0.2) is 4.98 Å². The van der Waals surface area contributed by atoms with Gasteiger partial charge in [0.05, 0.1) is 5.69 Å². The van der Waals surface area contributed by atoms with Crippen LogP contribution in [0, 0.1) is 0 Å². The molecule has 0 saturated heterocycles. The quantitative estimate of drug-likeness (QED) is 0.841. The molecule has 0 aliphatic rings. The van der Waals surface area contributed by atoms with Gasteiger partial charge in [-0.2, -0.15) is 11.8 Å². The second-order valence-electron chi connectivity index (χ2n) is 3.26. The lowest BCUT2D eigenvalue weighted by Gasteiger charge is -2.14. The van der Waals surface area contributed by atoms with E-state index in [1.807, 2.05) is 24.1 Å². The minimum absolute atomic E-state index is 0.0361. The molecule has 1 aromatic heterocycles. The third kappa shape index (κ3) is 3.15. The first-order valence-electron chi connectivity index (χ1n) is 4.56. The van der Waals surface area contributed by atoms with Crippen molar-refractivity contribution in [3.8, 4) is 0 Å². The average molecular weight is 231 g/mol. The van der Waals surface area contributed by atoms with Gasteiger partial charge in [0.1, 0.15) is 0 Å². The fraction of sp³-hybridized carbons (Fsp3) is 0.667. The minimum atomic E-state index is 0.0361. The predicted molar refractivity (Wildman–Crippen MR) is 66.4 cm³/mol. The number of aromatic nitrogens is 1. The Kier molecular flexibility index (Phi) is 4.71. The molecular weight excluding hydrogens is 214 g/mol. The van der Waals surface area contributed by atoms with E-state index in [4.69, 9.17) is 5.73 Å². The van der Waals surface area contributed by atoms with Crippen LogP contribution >= 0.6 is 23.1 Å². The molecule has 80 valence electrons. The van der Waals surface area contributed by atoms with Crippen molar-refractivity contribution in [2.75, 3.05) is 30.5 Å². The van der Waals surface area contributed by atoms with E-state index < -0.39 is 0 Å². The summed E-state index contributed by atoms with van der Waals surface area (Å²) >= 11 is 3.51. The normalized spacial score (nSPS) is 12.9. The van der Waals surface area contributed by atoms with E-state index in [2.05, 4.69) is 23.2 Å². The Labute approximate surface area is 93.7 Å². The molecule has 0 bridgehead atoms. The van der Waals surface area contributed by atoms with Crippen molar-refractivity contribution in [3.63, 3.8) is 0 Å². The van der Waals surface area contributed by atoms with Gasteiger partial charge in [0, 0.05) is 30.8 Å². The summed E-state index contributed by atoms with van der Waals surface area (Å²) in [5.74, 6) is 1.13. The second kappa shape index (κ2) is 5.58. The number of hydrogen-bond acceptors (Lipinski definition) is 5. The molecule has 1 aromatic rings. The molecule has 0 radical (unpaired) electrons. The Hall–Kier alpha value is -0.260. The van der Waals surface area contributed by atoms with Crippen molar-refractivity contribution in [2.45, 2.75) is 13.0 Å². The Bertz CT molecular complexity index is 273. The molecule has 5 heteroatoms. The highest BCUT2D eigenvalue weighted by atomic mass is 32.2. The molecule has 1 rings (SSSR count). The molecule has 14 heavy (non-hydrogen) atoms. The van der Waals surface area contributed by atoms with Crippen LogP contribution in [0.2, 0.25) is 0 Å². The monoisotopic (exact) mass is 231 g/mol.